The fourth-order valence-corrected chi connectivity index (χ4v) is 2.58. The second kappa shape index (κ2) is 6.89. The number of carbonyl (C=O) groups excluding carboxylic acids is 1. The van der Waals surface area contributed by atoms with E-state index < -0.39 is 0 Å². The largest absolute Gasteiger partial charge is 0.396 e. The summed E-state index contributed by atoms with van der Waals surface area (Å²) in [7, 11) is 0. The topological polar surface area (TPSA) is 40.5 Å². The first-order chi connectivity index (χ1) is 7.72. The van der Waals surface area contributed by atoms with Crippen molar-refractivity contribution in [2.45, 2.75) is 46.0 Å². The molecule has 3 heteroatoms. The Balaban J connectivity index is 2.49. The highest BCUT2D eigenvalue weighted by molar-refractivity contribution is 5.78. The van der Waals surface area contributed by atoms with Crippen LogP contribution in [0.1, 0.15) is 46.0 Å². The van der Waals surface area contributed by atoms with E-state index in [0.29, 0.717) is 11.8 Å². The lowest BCUT2D eigenvalue weighted by Crippen LogP contribution is -2.43. The predicted octanol–water partition coefficient (Wildman–Crippen LogP) is 2.04. The van der Waals surface area contributed by atoms with Gasteiger partial charge in [-0.25, -0.2) is 0 Å². The van der Waals surface area contributed by atoms with Gasteiger partial charge in [-0.3, -0.25) is 4.79 Å². The molecule has 1 saturated heterocycles. The molecule has 0 saturated carbocycles. The molecule has 16 heavy (non-hydrogen) atoms. The van der Waals surface area contributed by atoms with Gasteiger partial charge in [0, 0.05) is 25.6 Å². The quantitative estimate of drug-likeness (QED) is 0.781. The van der Waals surface area contributed by atoms with Gasteiger partial charge >= 0.3 is 0 Å². The molecule has 1 heterocycles. The summed E-state index contributed by atoms with van der Waals surface area (Å²) in [5.41, 5.74) is 0. The van der Waals surface area contributed by atoms with Crippen LogP contribution in [0.3, 0.4) is 0 Å². The Labute approximate surface area is 98.8 Å². The summed E-state index contributed by atoms with van der Waals surface area (Å²) in [5.74, 6) is 1.04. The molecule has 3 nitrogen and oxygen atoms in total. The van der Waals surface area contributed by atoms with E-state index in [4.69, 9.17) is 5.11 Å². The Morgan fingerprint density at radius 1 is 1.44 bits per heavy atom. The van der Waals surface area contributed by atoms with Crippen LogP contribution in [0.15, 0.2) is 0 Å². The Morgan fingerprint density at radius 3 is 2.69 bits per heavy atom. The van der Waals surface area contributed by atoms with Crippen LogP contribution in [0, 0.1) is 11.8 Å². The van der Waals surface area contributed by atoms with E-state index in [1.54, 1.807) is 0 Å². The molecule has 1 unspecified atom stereocenters. The first-order valence-electron chi connectivity index (χ1n) is 6.62. The number of piperidine rings is 1. The molecule has 0 radical (unpaired) electrons. The average molecular weight is 227 g/mol. The summed E-state index contributed by atoms with van der Waals surface area (Å²) in [6, 6.07) is 0. The van der Waals surface area contributed by atoms with Crippen molar-refractivity contribution in [2.24, 2.45) is 11.8 Å². The highest BCUT2D eigenvalue weighted by Crippen LogP contribution is 2.22. The third-order valence-corrected chi connectivity index (χ3v) is 3.70. The Bertz CT molecular complexity index is 212. The van der Waals surface area contributed by atoms with E-state index in [9.17, 15) is 4.79 Å². The maximum Gasteiger partial charge on any atom is 0.225 e. The number of amides is 1. The lowest BCUT2D eigenvalue weighted by molar-refractivity contribution is -0.137. The van der Waals surface area contributed by atoms with Crippen LogP contribution in [0.4, 0.5) is 0 Å². The van der Waals surface area contributed by atoms with Gasteiger partial charge in [-0.2, -0.15) is 0 Å². The van der Waals surface area contributed by atoms with Gasteiger partial charge in [-0.05, 0) is 38.0 Å². The van der Waals surface area contributed by atoms with Crippen molar-refractivity contribution >= 4 is 5.91 Å². The molecule has 0 spiro atoms. The van der Waals surface area contributed by atoms with Gasteiger partial charge in [0.25, 0.3) is 0 Å². The van der Waals surface area contributed by atoms with Gasteiger partial charge < -0.3 is 10.0 Å². The van der Waals surface area contributed by atoms with Gasteiger partial charge in [0.15, 0.2) is 0 Å². The number of nitrogens with zero attached hydrogens (tertiary/aromatic N) is 1. The molecule has 0 aliphatic carbocycles. The van der Waals surface area contributed by atoms with Crippen LogP contribution in [-0.4, -0.2) is 35.6 Å². The molecule has 0 aromatic carbocycles. The Hall–Kier alpha value is -0.570. The maximum absolute atomic E-state index is 12.2. The molecule has 0 aromatic rings. The van der Waals surface area contributed by atoms with Crippen molar-refractivity contribution in [3.8, 4) is 0 Å². The van der Waals surface area contributed by atoms with Crippen molar-refractivity contribution in [1.29, 1.82) is 0 Å². The van der Waals surface area contributed by atoms with Gasteiger partial charge in [0.2, 0.25) is 5.91 Å². The summed E-state index contributed by atoms with van der Waals surface area (Å²) < 4.78 is 0. The van der Waals surface area contributed by atoms with Crippen molar-refractivity contribution < 1.29 is 9.90 Å². The van der Waals surface area contributed by atoms with Crippen molar-refractivity contribution in [1.82, 2.24) is 4.90 Å². The summed E-state index contributed by atoms with van der Waals surface area (Å²) in [6.45, 7) is 6.19. The molecule has 1 rings (SSSR count). The van der Waals surface area contributed by atoms with Crippen molar-refractivity contribution in [3.05, 3.63) is 0 Å². The minimum Gasteiger partial charge on any atom is -0.396 e. The normalized spacial score (nSPS) is 21.5. The first kappa shape index (κ1) is 13.5. The number of hydrogen-bond acceptors (Lipinski definition) is 2. The van der Waals surface area contributed by atoms with Crippen LogP contribution in [0.5, 0.6) is 0 Å². The number of carbonyl (C=O) groups is 1. The molecule has 94 valence electrons. The maximum atomic E-state index is 12.2. The third-order valence-electron chi connectivity index (χ3n) is 3.70. The van der Waals surface area contributed by atoms with E-state index in [0.717, 1.165) is 45.2 Å². The third kappa shape index (κ3) is 3.48. The average Bonchev–Trinajstić information content (AvgIpc) is 2.31. The summed E-state index contributed by atoms with van der Waals surface area (Å²) in [6.07, 6.45) is 4.98. The smallest absolute Gasteiger partial charge is 0.225 e. The minimum atomic E-state index is 0.202. The highest BCUT2D eigenvalue weighted by Gasteiger charge is 2.26. The minimum absolute atomic E-state index is 0.202. The van der Waals surface area contributed by atoms with Gasteiger partial charge in [0.1, 0.15) is 0 Å². The number of likely N-dealkylation sites (tertiary alicyclic amines) is 1. The van der Waals surface area contributed by atoms with E-state index in [-0.39, 0.29) is 12.5 Å². The van der Waals surface area contributed by atoms with E-state index in [1.807, 2.05) is 4.90 Å². The van der Waals surface area contributed by atoms with E-state index in [2.05, 4.69) is 13.8 Å². The van der Waals surface area contributed by atoms with Crippen LogP contribution < -0.4 is 0 Å². The molecule has 1 amide bonds. The van der Waals surface area contributed by atoms with Crippen LogP contribution in [0.2, 0.25) is 0 Å². The van der Waals surface area contributed by atoms with Crippen molar-refractivity contribution in [3.63, 3.8) is 0 Å². The molecule has 1 fully saturated rings. The molecule has 1 aliphatic rings. The molecular weight excluding hydrogens is 202 g/mol. The Kier molecular flexibility index (Phi) is 5.81. The number of aliphatic hydroxyl groups is 1. The fraction of sp³-hybridized carbons (Fsp3) is 0.923. The monoisotopic (exact) mass is 227 g/mol. The standard InChI is InChI=1S/C13H25NO2/c1-3-12(4-2)13(16)14-8-5-6-11(10-14)7-9-15/h11-12,15H,3-10H2,1-2H3. The second-order valence-electron chi connectivity index (χ2n) is 4.82. The summed E-state index contributed by atoms with van der Waals surface area (Å²) >= 11 is 0. The van der Waals surface area contributed by atoms with Crippen molar-refractivity contribution in [2.75, 3.05) is 19.7 Å². The Morgan fingerprint density at radius 2 is 2.12 bits per heavy atom. The predicted molar refractivity (Wildman–Crippen MR) is 65.1 cm³/mol. The zero-order valence-corrected chi connectivity index (χ0v) is 10.6. The molecule has 0 aromatic heterocycles. The molecular formula is C13H25NO2. The van der Waals surface area contributed by atoms with Crippen LogP contribution in [-0.2, 0) is 4.79 Å². The number of hydrogen-bond donors (Lipinski definition) is 1. The van der Waals surface area contributed by atoms with Gasteiger partial charge in [0.05, 0.1) is 0 Å². The summed E-state index contributed by atoms with van der Waals surface area (Å²) in [5, 5.41) is 8.94. The second-order valence-corrected chi connectivity index (χ2v) is 4.82. The van der Waals surface area contributed by atoms with Crippen LogP contribution >= 0.6 is 0 Å². The van der Waals surface area contributed by atoms with Gasteiger partial charge in [-0.1, -0.05) is 13.8 Å². The lowest BCUT2D eigenvalue weighted by atomic mass is 9.93. The lowest BCUT2D eigenvalue weighted by Gasteiger charge is -2.34. The fourth-order valence-electron chi connectivity index (χ4n) is 2.58. The van der Waals surface area contributed by atoms with Crippen LogP contribution in [0.25, 0.3) is 0 Å². The molecule has 1 N–H and O–H groups in total. The number of aliphatic hydroxyl groups excluding tert-OH is 1. The highest BCUT2D eigenvalue weighted by atomic mass is 16.3. The van der Waals surface area contributed by atoms with Gasteiger partial charge in [-0.15, -0.1) is 0 Å². The zero-order chi connectivity index (χ0) is 12.0. The first-order valence-corrected chi connectivity index (χ1v) is 6.62. The number of rotatable bonds is 5. The van der Waals surface area contributed by atoms with E-state index in [1.165, 1.54) is 0 Å². The SMILES string of the molecule is CCC(CC)C(=O)N1CCCC(CCO)C1. The van der Waals surface area contributed by atoms with E-state index >= 15 is 0 Å². The zero-order valence-electron chi connectivity index (χ0n) is 10.6. The summed E-state index contributed by atoms with van der Waals surface area (Å²) in [4.78, 5) is 14.2. The molecule has 1 atom stereocenters. The molecule has 0 bridgehead atoms. The molecule has 1 aliphatic heterocycles.